The molecule has 0 aliphatic heterocycles. The predicted octanol–water partition coefficient (Wildman–Crippen LogP) is 4.48. The molecule has 0 fully saturated rings. The fourth-order valence-electron chi connectivity index (χ4n) is 2.38. The molecule has 0 saturated carbocycles. The van der Waals surface area contributed by atoms with E-state index in [9.17, 15) is 14.3 Å². The molecule has 2 aromatic rings. The van der Waals surface area contributed by atoms with Gasteiger partial charge in [-0.15, -0.1) is 0 Å². The lowest BCUT2D eigenvalue weighted by atomic mass is 10.0. The zero-order valence-corrected chi connectivity index (χ0v) is 12.9. The van der Waals surface area contributed by atoms with Gasteiger partial charge >= 0.3 is 5.97 Å². The predicted molar refractivity (Wildman–Crippen MR) is 95.4 cm³/mol. The van der Waals surface area contributed by atoms with E-state index < -0.39 is 55.6 Å². The molecule has 25 heavy (non-hydrogen) atoms. The normalized spacial score (nSPS) is 25.7. The molecular weight excluding hydrogens is 321 g/mol. The largest absolute Gasteiger partial charge is 0.497 e. The van der Waals surface area contributed by atoms with E-state index in [1.807, 2.05) is 0 Å². The molecule has 3 rings (SSSR count). The Morgan fingerprint density at radius 1 is 1.32 bits per heavy atom. The lowest BCUT2D eigenvalue weighted by Gasteiger charge is -2.11. The van der Waals surface area contributed by atoms with E-state index in [1.165, 1.54) is 30.3 Å². The van der Waals surface area contributed by atoms with Crippen molar-refractivity contribution in [3.8, 4) is 16.9 Å². The zero-order valence-electron chi connectivity index (χ0n) is 21.9. The summed E-state index contributed by atoms with van der Waals surface area (Å²) < 4.78 is 88.5. The number of carbonyl (C=O) groups is 1. The van der Waals surface area contributed by atoms with Gasteiger partial charge in [0.2, 0.25) is 0 Å². The van der Waals surface area contributed by atoms with E-state index in [0.29, 0.717) is 11.1 Å². The van der Waals surface area contributed by atoms with Gasteiger partial charge in [-0.3, -0.25) is 0 Å². The van der Waals surface area contributed by atoms with E-state index in [1.54, 1.807) is 6.07 Å². The Hall–Kier alpha value is -2.82. The van der Waals surface area contributed by atoms with Crippen LogP contribution < -0.4 is 10.1 Å². The van der Waals surface area contributed by atoms with Crippen molar-refractivity contribution < 1.29 is 31.4 Å². The Morgan fingerprint density at radius 2 is 2.16 bits per heavy atom. The molecule has 2 N–H and O–H groups in total. The molecule has 0 aromatic heterocycles. The van der Waals surface area contributed by atoms with Crippen molar-refractivity contribution in [1.82, 2.24) is 0 Å². The van der Waals surface area contributed by atoms with Gasteiger partial charge in [0.15, 0.2) is 0 Å². The Kier molecular flexibility index (Phi) is 2.67. The highest BCUT2D eigenvalue weighted by Gasteiger charge is 2.20. The van der Waals surface area contributed by atoms with Crippen LogP contribution >= 0.6 is 0 Å². The van der Waals surface area contributed by atoms with Crippen LogP contribution in [0.4, 0.5) is 10.1 Å². The minimum absolute atomic E-state index is 0.0558. The second-order valence-electron chi connectivity index (χ2n) is 5.21. The van der Waals surface area contributed by atoms with Crippen molar-refractivity contribution in [2.45, 2.75) is 19.1 Å². The van der Waals surface area contributed by atoms with Crippen LogP contribution in [-0.2, 0) is 4.79 Å². The lowest BCUT2D eigenvalue weighted by Crippen LogP contribution is -2.09. The average molecular weight is 350 g/mol. The van der Waals surface area contributed by atoms with Gasteiger partial charge in [0.05, 0.1) is 16.8 Å². The number of hydrogen-bond acceptors (Lipinski definition) is 3. The molecule has 1 aliphatic rings. The molecule has 0 heterocycles. The number of ether oxygens (including phenoxy) is 1. The number of carboxylic acids is 1. The molecule has 0 spiro atoms. The standard InChI is InChI=1S/C20H20FNO3/c1-25-16-6-2-4-13(10-16)14-8-9-19(18(21)11-14)22-12-15-5-3-7-17(15)20(23)24/h2,4,6,8-11,22H,3,5,7,12H2,1H3,(H,23,24)/i1D3,3D2,5D2,7D2. The molecule has 0 atom stereocenters. The minimum atomic E-state index is -3.16. The van der Waals surface area contributed by atoms with E-state index >= 15 is 0 Å². The summed E-state index contributed by atoms with van der Waals surface area (Å²) in [6, 6.07) is 9.87. The van der Waals surface area contributed by atoms with E-state index in [2.05, 4.69) is 5.32 Å². The van der Waals surface area contributed by atoms with Crippen LogP contribution in [0.5, 0.6) is 5.75 Å². The molecular formula is C20H20FNO3. The van der Waals surface area contributed by atoms with Gasteiger partial charge in [0.25, 0.3) is 0 Å². The van der Waals surface area contributed by atoms with Crippen LogP contribution in [0.1, 0.15) is 31.5 Å². The third-order valence-electron chi connectivity index (χ3n) is 3.63. The average Bonchev–Trinajstić information content (AvgIpc) is 2.79. The van der Waals surface area contributed by atoms with Gasteiger partial charge in [-0.25, -0.2) is 9.18 Å². The number of halogens is 1. The summed E-state index contributed by atoms with van der Waals surface area (Å²) in [5.74, 6) is -2.55. The number of anilines is 1. The van der Waals surface area contributed by atoms with Gasteiger partial charge in [-0.2, -0.15) is 0 Å². The van der Waals surface area contributed by atoms with Crippen LogP contribution in [0.2, 0.25) is 0 Å². The topological polar surface area (TPSA) is 58.6 Å². The van der Waals surface area contributed by atoms with Crippen molar-refractivity contribution >= 4 is 11.7 Å². The van der Waals surface area contributed by atoms with Crippen LogP contribution in [0.25, 0.3) is 11.1 Å². The highest BCUT2D eigenvalue weighted by atomic mass is 19.1. The van der Waals surface area contributed by atoms with Gasteiger partial charge in [-0.05, 0) is 60.1 Å². The SMILES string of the molecule is [2H]C([2H])([2H])Oc1cccc(-c2ccc(NCC3=C(C(=O)O)C([2H])([2H])C([2H])([2H])C3([2H])[2H])c(F)c2)c1. The number of rotatable bonds is 6. The third kappa shape index (κ3) is 3.82. The van der Waals surface area contributed by atoms with Gasteiger partial charge < -0.3 is 15.2 Å². The highest BCUT2D eigenvalue weighted by molar-refractivity contribution is 5.88. The number of aliphatic carboxylic acids is 1. The molecule has 0 radical (unpaired) electrons. The molecule has 130 valence electrons. The summed E-state index contributed by atoms with van der Waals surface area (Å²) in [5, 5.41) is 11.9. The second kappa shape index (κ2) is 7.38. The maximum atomic E-state index is 14.8. The summed E-state index contributed by atoms with van der Waals surface area (Å²) in [6.45, 7) is -0.647. The van der Waals surface area contributed by atoms with E-state index in [0.717, 1.165) is 6.07 Å². The maximum Gasteiger partial charge on any atom is 0.331 e. The fraction of sp³-hybridized carbons (Fsp3) is 0.250. The highest BCUT2D eigenvalue weighted by Crippen LogP contribution is 2.29. The molecule has 0 saturated heterocycles. The van der Waals surface area contributed by atoms with Crippen LogP contribution in [-0.4, -0.2) is 24.7 Å². The molecule has 0 unspecified atom stereocenters. The zero-order chi connectivity index (χ0) is 25.7. The van der Waals surface area contributed by atoms with Gasteiger partial charge in [-0.1, -0.05) is 18.2 Å². The van der Waals surface area contributed by atoms with Crippen molar-refractivity contribution in [3.63, 3.8) is 0 Å². The number of methoxy groups -OCH3 is 1. The second-order valence-corrected chi connectivity index (χ2v) is 5.21. The van der Waals surface area contributed by atoms with Crippen molar-refractivity contribution in [2.24, 2.45) is 0 Å². The first-order valence-corrected chi connectivity index (χ1v) is 7.29. The smallest absolute Gasteiger partial charge is 0.331 e. The molecule has 2 aromatic carbocycles. The molecule has 1 aliphatic carbocycles. The monoisotopic (exact) mass is 350 g/mol. The van der Waals surface area contributed by atoms with Crippen molar-refractivity contribution in [1.29, 1.82) is 0 Å². The minimum Gasteiger partial charge on any atom is -0.497 e. The number of hydrogen-bond donors (Lipinski definition) is 2. The quantitative estimate of drug-likeness (QED) is 0.806. The molecule has 0 amide bonds. The van der Waals surface area contributed by atoms with E-state index in [4.69, 9.17) is 17.1 Å². The van der Waals surface area contributed by atoms with Gasteiger partial charge in [0.1, 0.15) is 11.6 Å². The van der Waals surface area contributed by atoms with Crippen LogP contribution in [0.15, 0.2) is 53.6 Å². The van der Waals surface area contributed by atoms with Gasteiger partial charge in [0, 0.05) is 20.3 Å². The molecule has 5 heteroatoms. The Balaban J connectivity index is 1.88. The number of nitrogens with one attached hydrogen (secondary N) is 1. The summed E-state index contributed by atoms with van der Waals surface area (Å²) in [7, 11) is -2.66. The van der Waals surface area contributed by atoms with Crippen molar-refractivity contribution in [3.05, 3.63) is 59.4 Å². The summed E-state index contributed by atoms with van der Waals surface area (Å²) in [5.41, 5.74) is -1.03. The Labute approximate surface area is 158 Å². The first-order chi connectivity index (χ1) is 15.5. The first kappa shape index (κ1) is 9.04. The Morgan fingerprint density at radius 3 is 2.92 bits per heavy atom. The number of carboxylic acid groups (broad SMARTS) is 1. The van der Waals surface area contributed by atoms with E-state index in [-0.39, 0.29) is 11.4 Å². The summed E-state index contributed by atoms with van der Waals surface area (Å²) in [4.78, 5) is 11.6. The fourth-order valence-corrected chi connectivity index (χ4v) is 2.38. The molecule has 4 nitrogen and oxygen atoms in total. The molecule has 0 bridgehead atoms. The maximum absolute atomic E-state index is 14.8. The van der Waals surface area contributed by atoms with Crippen molar-refractivity contribution in [2.75, 3.05) is 18.9 Å². The Bertz CT molecular complexity index is 1160. The van der Waals surface area contributed by atoms with Crippen LogP contribution in [0, 0.1) is 5.82 Å². The first-order valence-electron chi connectivity index (χ1n) is 11.8. The lowest BCUT2D eigenvalue weighted by molar-refractivity contribution is -0.132. The third-order valence-corrected chi connectivity index (χ3v) is 3.63. The number of benzene rings is 2. The van der Waals surface area contributed by atoms with Crippen LogP contribution in [0.3, 0.4) is 0 Å². The summed E-state index contributed by atoms with van der Waals surface area (Å²) >= 11 is 0. The summed E-state index contributed by atoms with van der Waals surface area (Å²) in [6.07, 6.45) is -9.23.